The van der Waals surface area contributed by atoms with Gasteiger partial charge >= 0.3 is 5.97 Å². The van der Waals surface area contributed by atoms with Crippen LogP contribution in [-0.2, 0) is 14.8 Å². The SMILES string of the molecule is CC(CO)(NS(=O)(=O)c1cc(Cl)cc(Cl)c1)C(=O)O. The van der Waals surface area contributed by atoms with Crippen LogP contribution >= 0.6 is 23.2 Å². The van der Waals surface area contributed by atoms with E-state index in [1.807, 2.05) is 4.72 Å². The molecule has 3 N–H and O–H groups in total. The quantitative estimate of drug-likeness (QED) is 0.751. The minimum absolute atomic E-state index is 0.0916. The summed E-state index contributed by atoms with van der Waals surface area (Å²) in [6.07, 6.45) is 0. The molecule has 9 heteroatoms. The lowest BCUT2D eigenvalue weighted by molar-refractivity contribution is -0.144. The number of rotatable bonds is 5. The van der Waals surface area contributed by atoms with Crippen LogP contribution in [0.25, 0.3) is 0 Å². The molecule has 1 unspecified atom stereocenters. The average Bonchev–Trinajstić information content (AvgIpc) is 2.26. The molecule has 1 aromatic rings. The Hall–Kier alpha value is -0.860. The number of hydrogen-bond donors (Lipinski definition) is 3. The number of benzene rings is 1. The smallest absolute Gasteiger partial charge is 0.327 e. The van der Waals surface area contributed by atoms with Crippen LogP contribution in [0.1, 0.15) is 6.92 Å². The van der Waals surface area contributed by atoms with Gasteiger partial charge in [-0.05, 0) is 25.1 Å². The Morgan fingerprint density at radius 1 is 1.32 bits per heavy atom. The summed E-state index contributed by atoms with van der Waals surface area (Å²) in [6.45, 7) is 0.134. The fraction of sp³-hybridized carbons (Fsp3) is 0.300. The van der Waals surface area contributed by atoms with Crippen LogP contribution in [0, 0.1) is 0 Å². The Morgan fingerprint density at radius 3 is 2.16 bits per heavy atom. The van der Waals surface area contributed by atoms with E-state index >= 15 is 0 Å². The van der Waals surface area contributed by atoms with Crippen LogP contribution in [0.4, 0.5) is 0 Å². The number of carbonyl (C=O) groups is 1. The first kappa shape index (κ1) is 16.2. The lowest BCUT2D eigenvalue weighted by Gasteiger charge is -2.23. The van der Waals surface area contributed by atoms with E-state index < -0.39 is 28.1 Å². The third kappa shape index (κ3) is 3.80. The highest BCUT2D eigenvalue weighted by molar-refractivity contribution is 7.89. The van der Waals surface area contributed by atoms with Crippen LogP contribution < -0.4 is 4.72 Å². The van der Waals surface area contributed by atoms with Crippen molar-refractivity contribution in [1.29, 1.82) is 0 Å². The number of sulfonamides is 1. The van der Waals surface area contributed by atoms with E-state index in [-0.39, 0.29) is 14.9 Å². The third-order valence-corrected chi connectivity index (χ3v) is 4.31. The first-order valence-corrected chi connectivity index (χ1v) is 7.19. The zero-order valence-corrected chi connectivity index (χ0v) is 12.1. The largest absolute Gasteiger partial charge is 0.480 e. The number of carboxylic acids is 1. The van der Waals surface area contributed by atoms with E-state index in [1.54, 1.807) is 0 Å². The van der Waals surface area contributed by atoms with Gasteiger partial charge in [-0.25, -0.2) is 8.42 Å². The van der Waals surface area contributed by atoms with Crippen LogP contribution in [0.3, 0.4) is 0 Å². The Balaban J connectivity index is 3.21. The molecule has 0 amide bonds. The number of aliphatic hydroxyl groups is 1. The van der Waals surface area contributed by atoms with Crippen molar-refractivity contribution >= 4 is 39.2 Å². The zero-order chi connectivity index (χ0) is 14.8. The van der Waals surface area contributed by atoms with E-state index in [0.717, 1.165) is 19.1 Å². The molecule has 0 saturated carbocycles. The van der Waals surface area contributed by atoms with Gasteiger partial charge in [-0.3, -0.25) is 4.79 Å². The van der Waals surface area contributed by atoms with Gasteiger partial charge < -0.3 is 10.2 Å². The van der Waals surface area contributed by atoms with Gasteiger partial charge in [0.15, 0.2) is 0 Å². The molecule has 6 nitrogen and oxygen atoms in total. The van der Waals surface area contributed by atoms with Crippen molar-refractivity contribution in [2.24, 2.45) is 0 Å². The summed E-state index contributed by atoms with van der Waals surface area (Å²) in [7, 11) is -4.18. The van der Waals surface area contributed by atoms with Gasteiger partial charge in [-0.1, -0.05) is 23.2 Å². The zero-order valence-electron chi connectivity index (χ0n) is 9.72. The van der Waals surface area contributed by atoms with E-state index in [0.29, 0.717) is 0 Å². The van der Waals surface area contributed by atoms with E-state index in [4.69, 9.17) is 33.4 Å². The number of halogens is 2. The molecule has 0 fully saturated rings. The monoisotopic (exact) mass is 327 g/mol. The molecule has 1 atom stereocenters. The molecular formula is C10H11Cl2NO5S. The predicted molar refractivity (Wildman–Crippen MR) is 69.9 cm³/mol. The molecule has 0 saturated heterocycles. The van der Waals surface area contributed by atoms with Crippen molar-refractivity contribution in [2.75, 3.05) is 6.61 Å². The third-order valence-electron chi connectivity index (χ3n) is 2.29. The first-order valence-electron chi connectivity index (χ1n) is 4.95. The summed E-state index contributed by atoms with van der Waals surface area (Å²) in [5, 5.41) is 18.1. The second-order valence-electron chi connectivity index (χ2n) is 4.01. The molecule has 0 spiro atoms. The fourth-order valence-corrected chi connectivity index (χ4v) is 3.27. The molecule has 0 aliphatic heterocycles. The highest BCUT2D eigenvalue weighted by Gasteiger charge is 2.37. The van der Waals surface area contributed by atoms with Crippen LogP contribution in [-0.4, -0.2) is 36.7 Å². The molecular weight excluding hydrogens is 317 g/mol. The van der Waals surface area contributed by atoms with Gasteiger partial charge in [0.05, 0.1) is 11.5 Å². The standard InChI is InChI=1S/C10H11Cl2NO5S/c1-10(5-14,9(15)16)13-19(17,18)8-3-6(11)2-7(12)4-8/h2-4,13-14H,5H2,1H3,(H,15,16). The molecule has 0 bridgehead atoms. The Bertz CT molecular complexity index is 584. The molecule has 1 rings (SSSR count). The number of hydrogen-bond acceptors (Lipinski definition) is 4. The lowest BCUT2D eigenvalue weighted by Crippen LogP contribution is -2.54. The number of nitrogens with one attached hydrogen (secondary N) is 1. The minimum Gasteiger partial charge on any atom is -0.480 e. The van der Waals surface area contributed by atoms with E-state index in [2.05, 4.69) is 0 Å². The normalized spacial score (nSPS) is 14.9. The maximum Gasteiger partial charge on any atom is 0.327 e. The second kappa shape index (κ2) is 5.64. The summed E-state index contributed by atoms with van der Waals surface area (Å²) in [5.41, 5.74) is -2.03. The van der Waals surface area contributed by atoms with E-state index in [9.17, 15) is 13.2 Å². The van der Waals surface area contributed by atoms with Crippen molar-refractivity contribution in [3.8, 4) is 0 Å². The van der Waals surface area contributed by atoms with Gasteiger partial charge in [-0.15, -0.1) is 0 Å². The Morgan fingerprint density at radius 2 is 1.79 bits per heavy atom. The highest BCUT2D eigenvalue weighted by atomic mass is 35.5. The lowest BCUT2D eigenvalue weighted by atomic mass is 10.1. The number of carboxylic acid groups (broad SMARTS) is 1. The maximum atomic E-state index is 12.0. The van der Waals surface area contributed by atoms with Gasteiger partial charge in [0.1, 0.15) is 5.54 Å². The second-order valence-corrected chi connectivity index (χ2v) is 6.56. The Kier molecular flexibility index (Phi) is 4.81. The van der Waals surface area contributed by atoms with Crippen LogP contribution in [0.15, 0.2) is 23.1 Å². The predicted octanol–water partition coefficient (Wildman–Crippen LogP) is 1.11. The van der Waals surface area contributed by atoms with Crippen molar-refractivity contribution in [1.82, 2.24) is 4.72 Å². The van der Waals surface area contributed by atoms with Crippen LogP contribution in [0.5, 0.6) is 0 Å². The van der Waals surface area contributed by atoms with Crippen molar-refractivity contribution in [3.05, 3.63) is 28.2 Å². The minimum atomic E-state index is -4.18. The first-order chi connectivity index (χ1) is 8.60. The molecule has 0 heterocycles. The Labute approximate surface area is 120 Å². The van der Waals surface area contributed by atoms with Gasteiger partial charge in [0.2, 0.25) is 10.0 Å². The highest BCUT2D eigenvalue weighted by Crippen LogP contribution is 2.23. The molecule has 0 aliphatic carbocycles. The fourth-order valence-electron chi connectivity index (χ4n) is 1.18. The summed E-state index contributed by atoms with van der Waals surface area (Å²) in [4.78, 5) is 10.7. The van der Waals surface area contributed by atoms with Crippen molar-refractivity contribution < 1.29 is 23.4 Å². The van der Waals surface area contributed by atoms with Crippen LogP contribution in [0.2, 0.25) is 10.0 Å². The maximum absolute atomic E-state index is 12.0. The summed E-state index contributed by atoms with van der Waals surface area (Å²) in [5.74, 6) is -1.51. The molecule has 0 radical (unpaired) electrons. The summed E-state index contributed by atoms with van der Waals surface area (Å²) < 4.78 is 25.9. The number of aliphatic hydroxyl groups excluding tert-OH is 1. The van der Waals surface area contributed by atoms with E-state index in [1.165, 1.54) is 6.07 Å². The topological polar surface area (TPSA) is 104 Å². The molecule has 106 valence electrons. The molecule has 0 aromatic heterocycles. The number of aliphatic carboxylic acids is 1. The van der Waals surface area contributed by atoms with Crippen molar-refractivity contribution in [2.45, 2.75) is 17.4 Å². The average molecular weight is 328 g/mol. The van der Waals surface area contributed by atoms with Crippen molar-refractivity contribution in [3.63, 3.8) is 0 Å². The van der Waals surface area contributed by atoms with Gasteiger partial charge in [0.25, 0.3) is 0 Å². The summed E-state index contributed by atoms with van der Waals surface area (Å²) in [6, 6.07) is 3.58. The summed E-state index contributed by atoms with van der Waals surface area (Å²) >= 11 is 11.4. The molecule has 0 aliphatic rings. The van der Waals surface area contributed by atoms with Gasteiger partial charge in [0, 0.05) is 10.0 Å². The van der Waals surface area contributed by atoms with Gasteiger partial charge in [-0.2, -0.15) is 4.72 Å². The molecule has 1 aromatic carbocycles. The molecule has 19 heavy (non-hydrogen) atoms.